The summed E-state index contributed by atoms with van der Waals surface area (Å²) in [5, 5.41) is 0. The van der Waals surface area contributed by atoms with Crippen molar-refractivity contribution >= 4 is 0 Å². The van der Waals surface area contributed by atoms with Crippen molar-refractivity contribution in [2.45, 2.75) is 19.4 Å². The van der Waals surface area contributed by atoms with Crippen molar-refractivity contribution in [3.05, 3.63) is 35.1 Å². The Hall–Kier alpha value is -1.03. The van der Waals surface area contributed by atoms with E-state index in [9.17, 15) is 13.2 Å². The number of rotatable bonds is 2. The summed E-state index contributed by atoms with van der Waals surface area (Å²) in [6, 6.07) is 1.78. The van der Waals surface area contributed by atoms with Gasteiger partial charge in [-0.2, -0.15) is 0 Å². The van der Waals surface area contributed by atoms with Gasteiger partial charge in [-0.1, -0.05) is 18.2 Å². The molecule has 0 amide bonds. The zero-order chi connectivity index (χ0) is 10.9. The molecule has 0 saturated carbocycles. The van der Waals surface area contributed by atoms with Crippen molar-refractivity contribution in [3.63, 3.8) is 0 Å². The molecule has 0 saturated heterocycles. The molecule has 0 heterocycles. The van der Waals surface area contributed by atoms with Crippen LogP contribution in [0.25, 0.3) is 0 Å². The lowest BCUT2D eigenvalue weighted by molar-refractivity contribution is 0.146. The molecule has 0 bridgehead atoms. The molecule has 0 aliphatic carbocycles. The van der Waals surface area contributed by atoms with Crippen LogP contribution in [0.15, 0.2) is 18.2 Å². The van der Waals surface area contributed by atoms with E-state index in [0.29, 0.717) is 0 Å². The highest BCUT2D eigenvalue weighted by atomic mass is 19.3. The second kappa shape index (κ2) is 3.79. The average molecular weight is 190 g/mol. The van der Waals surface area contributed by atoms with Gasteiger partial charge in [-0.15, -0.1) is 0 Å². The fourth-order valence-corrected chi connectivity index (χ4v) is 1.02. The third-order valence-electron chi connectivity index (χ3n) is 1.69. The third-order valence-corrected chi connectivity index (χ3v) is 1.69. The van der Waals surface area contributed by atoms with Crippen LogP contribution in [-0.4, -0.2) is 0 Å². The van der Waals surface area contributed by atoms with Gasteiger partial charge in [-0.3, -0.25) is 0 Å². The molecule has 4 heteroatoms. The summed E-state index contributed by atoms with van der Waals surface area (Å²) in [6.45, 7) is 1.24. The van der Waals surface area contributed by atoms with Crippen molar-refractivity contribution < 1.29 is 14.5 Å². The molecular weight excluding hydrogens is 179 g/mol. The van der Waals surface area contributed by atoms with Crippen LogP contribution in [0.3, 0.4) is 0 Å². The maximum absolute atomic E-state index is 13.3. The number of nitrogens with two attached hydrogens (primary N) is 1. The highest BCUT2D eigenvalue weighted by Gasteiger charge is 2.17. The minimum absolute atomic E-state index is 0.227. The quantitative estimate of drug-likeness (QED) is 0.762. The lowest BCUT2D eigenvalue weighted by atomic mass is 10.0. The molecule has 1 aromatic carbocycles. The van der Waals surface area contributed by atoms with Crippen LogP contribution in [-0.2, 0) is 0 Å². The first-order valence-electron chi connectivity index (χ1n) is 4.20. The largest absolute Gasteiger partial charge is 0.324 e. The first kappa shape index (κ1) is 8.56. The van der Waals surface area contributed by atoms with E-state index in [0.717, 1.165) is 6.07 Å². The van der Waals surface area contributed by atoms with Crippen molar-refractivity contribution in [1.82, 2.24) is 0 Å². The van der Waals surface area contributed by atoms with Gasteiger partial charge < -0.3 is 5.73 Å². The Morgan fingerprint density at radius 2 is 1.92 bits per heavy atom. The van der Waals surface area contributed by atoms with Gasteiger partial charge >= 0.3 is 0 Å². The summed E-state index contributed by atoms with van der Waals surface area (Å²) in [5.74, 6) is -1.09. The SMILES string of the molecule is [2H][C@](C)(N)c1cccc(C(F)F)c1F. The van der Waals surface area contributed by atoms with Crippen molar-refractivity contribution in [3.8, 4) is 0 Å². The van der Waals surface area contributed by atoms with E-state index < -0.39 is 23.8 Å². The summed E-state index contributed by atoms with van der Waals surface area (Å²) in [4.78, 5) is 0. The van der Waals surface area contributed by atoms with Crippen molar-refractivity contribution in [2.24, 2.45) is 5.73 Å². The standard InChI is InChI=1S/C9H10F3N/c1-5(13)6-3-2-4-7(8(6)10)9(11)12/h2-5,9H,13H2,1H3/t5-/m1/s1/i5D. The molecule has 0 fully saturated rings. The minimum Gasteiger partial charge on any atom is -0.324 e. The van der Waals surface area contributed by atoms with E-state index in [4.69, 9.17) is 7.10 Å². The lowest BCUT2D eigenvalue weighted by Gasteiger charge is -2.09. The minimum atomic E-state index is -2.89. The molecule has 1 aromatic rings. The Labute approximate surface area is 75.8 Å². The van der Waals surface area contributed by atoms with Gasteiger partial charge in [-0.05, 0) is 6.92 Å². The number of alkyl halides is 2. The second-order valence-electron chi connectivity index (χ2n) is 2.69. The highest BCUT2D eigenvalue weighted by molar-refractivity contribution is 5.28. The summed E-state index contributed by atoms with van der Waals surface area (Å²) in [5.41, 5.74) is 4.37. The van der Waals surface area contributed by atoms with E-state index in [1.807, 2.05) is 0 Å². The monoisotopic (exact) mass is 190 g/mol. The second-order valence-corrected chi connectivity index (χ2v) is 2.69. The lowest BCUT2D eigenvalue weighted by Crippen LogP contribution is -2.09. The van der Waals surface area contributed by atoms with E-state index in [1.54, 1.807) is 0 Å². The van der Waals surface area contributed by atoms with Gasteiger partial charge in [0.2, 0.25) is 0 Å². The number of benzene rings is 1. The molecule has 0 radical (unpaired) electrons. The fourth-order valence-electron chi connectivity index (χ4n) is 1.02. The van der Waals surface area contributed by atoms with Crippen LogP contribution in [0.1, 0.15) is 31.9 Å². The zero-order valence-corrected chi connectivity index (χ0v) is 7.02. The van der Waals surface area contributed by atoms with Crippen LogP contribution < -0.4 is 5.73 Å². The van der Waals surface area contributed by atoms with Gasteiger partial charge in [0.15, 0.2) is 0 Å². The van der Waals surface area contributed by atoms with E-state index >= 15 is 0 Å². The molecule has 0 unspecified atom stereocenters. The highest BCUT2D eigenvalue weighted by Crippen LogP contribution is 2.26. The van der Waals surface area contributed by atoms with Gasteiger partial charge in [0.1, 0.15) is 5.82 Å². The Balaban J connectivity index is 3.28. The molecule has 1 atom stereocenters. The van der Waals surface area contributed by atoms with E-state index in [-0.39, 0.29) is 5.56 Å². The van der Waals surface area contributed by atoms with Crippen LogP contribution >= 0.6 is 0 Å². The molecule has 0 aliphatic rings. The van der Waals surface area contributed by atoms with Gasteiger partial charge in [0.25, 0.3) is 6.43 Å². The maximum atomic E-state index is 13.3. The number of hydrogen-bond acceptors (Lipinski definition) is 1. The normalized spacial score (nSPS) is 16.9. The van der Waals surface area contributed by atoms with Crippen LogP contribution in [0.4, 0.5) is 13.2 Å². The van der Waals surface area contributed by atoms with Crippen LogP contribution in [0.5, 0.6) is 0 Å². The van der Waals surface area contributed by atoms with E-state index in [2.05, 4.69) is 0 Å². The predicted molar refractivity (Wildman–Crippen MR) is 44.0 cm³/mol. The number of halogens is 3. The smallest absolute Gasteiger partial charge is 0.266 e. The molecule has 0 aliphatic heterocycles. The van der Waals surface area contributed by atoms with Crippen LogP contribution in [0.2, 0.25) is 0 Å². The van der Waals surface area contributed by atoms with Gasteiger partial charge in [-0.25, -0.2) is 13.2 Å². The van der Waals surface area contributed by atoms with Gasteiger partial charge in [0.05, 0.1) is 6.93 Å². The summed E-state index contributed by atoms with van der Waals surface area (Å²) < 4.78 is 45.2. The Kier molecular flexibility index (Phi) is 2.49. The average Bonchev–Trinajstić information content (AvgIpc) is 2.01. The summed E-state index contributed by atoms with van der Waals surface area (Å²) in [7, 11) is 0. The molecule has 1 rings (SSSR count). The molecule has 0 spiro atoms. The Morgan fingerprint density at radius 1 is 1.38 bits per heavy atom. The molecular formula is C9H10F3N. The first-order valence-corrected chi connectivity index (χ1v) is 3.70. The number of hydrogen-bond donors (Lipinski definition) is 1. The molecule has 2 N–H and O–H groups in total. The molecule has 13 heavy (non-hydrogen) atoms. The fraction of sp³-hybridized carbons (Fsp3) is 0.333. The van der Waals surface area contributed by atoms with E-state index in [1.165, 1.54) is 19.1 Å². The van der Waals surface area contributed by atoms with Crippen LogP contribution in [0, 0.1) is 5.82 Å². The van der Waals surface area contributed by atoms with Crippen molar-refractivity contribution in [2.75, 3.05) is 0 Å². The zero-order valence-electron chi connectivity index (χ0n) is 8.02. The van der Waals surface area contributed by atoms with Crippen molar-refractivity contribution in [1.29, 1.82) is 0 Å². The van der Waals surface area contributed by atoms with Gasteiger partial charge in [0, 0.05) is 11.6 Å². The Morgan fingerprint density at radius 3 is 2.38 bits per heavy atom. The molecule has 0 aromatic heterocycles. The summed E-state index contributed by atoms with van der Waals surface area (Å²) in [6.07, 6.45) is -2.89. The topological polar surface area (TPSA) is 26.0 Å². The molecule has 1 nitrogen and oxygen atoms in total. The first-order chi connectivity index (χ1) is 6.34. The third kappa shape index (κ3) is 2.01. The predicted octanol–water partition coefficient (Wildman–Crippen LogP) is 2.78. The maximum Gasteiger partial charge on any atom is 0.266 e. The molecule has 72 valence electrons. The Bertz CT molecular complexity index is 333. The summed E-state index contributed by atoms with van der Waals surface area (Å²) >= 11 is 0.